The summed E-state index contributed by atoms with van der Waals surface area (Å²) in [4.78, 5) is 42.2. The number of H-pyrrole nitrogens is 1. The van der Waals surface area contributed by atoms with Crippen molar-refractivity contribution in [2.45, 2.75) is 63.8 Å². The summed E-state index contributed by atoms with van der Waals surface area (Å²) in [5.41, 5.74) is 5.05. The Morgan fingerprint density at radius 1 is 1.06 bits per heavy atom. The predicted octanol–water partition coefficient (Wildman–Crippen LogP) is 2.15. The summed E-state index contributed by atoms with van der Waals surface area (Å²) in [5, 5.41) is 0. The van der Waals surface area contributed by atoms with Crippen molar-refractivity contribution in [1.29, 1.82) is 0 Å². The van der Waals surface area contributed by atoms with Gasteiger partial charge in [-0.1, -0.05) is 26.7 Å². The summed E-state index contributed by atoms with van der Waals surface area (Å²) < 4.78 is 28.3. The van der Waals surface area contributed by atoms with Crippen LogP contribution in [0.5, 0.6) is 0 Å². The van der Waals surface area contributed by atoms with Gasteiger partial charge in [-0.05, 0) is 49.9 Å². The van der Waals surface area contributed by atoms with Crippen LogP contribution in [0.3, 0.4) is 0 Å². The number of nitrogen functional groups attached to an aromatic ring is 1. The maximum absolute atomic E-state index is 13.5. The van der Waals surface area contributed by atoms with Crippen LogP contribution >= 0.6 is 0 Å². The standard InChI is InChI=1S/C23H33N5O5S/c1-3-5-15-27(19-20(24)28(16-6-4-2)23(31)25-21(19)29)22(30)17-9-11-18(12-10-17)34(32,33)26-13-7-8-14-26/h9-12H,3-8,13-16,24H2,1-2H3,(H,25,29,31). The quantitative estimate of drug-likeness (QED) is 0.522. The molecule has 3 N–H and O–H groups in total. The molecule has 1 fully saturated rings. The molecular weight excluding hydrogens is 458 g/mol. The van der Waals surface area contributed by atoms with Crippen molar-refractivity contribution in [3.05, 3.63) is 50.7 Å². The molecule has 0 radical (unpaired) electrons. The first kappa shape index (κ1) is 25.7. The SMILES string of the molecule is CCCCN(C(=O)c1ccc(S(=O)(=O)N2CCCC2)cc1)c1c(N)n(CCCC)c(=O)[nH]c1=O. The van der Waals surface area contributed by atoms with Crippen molar-refractivity contribution in [1.82, 2.24) is 13.9 Å². The predicted molar refractivity (Wildman–Crippen MR) is 132 cm³/mol. The number of aromatic amines is 1. The lowest BCUT2D eigenvalue weighted by Crippen LogP contribution is -2.41. The van der Waals surface area contributed by atoms with E-state index in [0.29, 0.717) is 32.5 Å². The van der Waals surface area contributed by atoms with Crippen LogP contribution in [0.25, 0.3) is 0 Å². The highest BCUT2D eigenvalue weighted by Gasteiger charge is 2.28. The van der Waals surface area contributed by atoms with E-state index in [9.17, 15) is 22.8 Å². The van der Waals surface area contributed by atoms with Gasteiger partial charge in [0.1, 0.15) is 5.82 Å². The number of nitrogens with one attached hydrogen (secondary N) is 1. The molecule has 10 nitrogen and oxygen atoms in total. The molecule has 0 aliphatic carbocycles. The van der Waals surface area contributed by atoms with Crippen molar-refractivity contribution in [3.63, 3.8) is 0 Å². The molecule has 1 aromatic heterocycles. The number of nitrogens with two attached hydrogens (primary N) is 1. The normalized spacial score (nSPS) is 14.4. The average molecular weight is 492 g/mol. The van der Waals surface area contributed by atoms with Crippen molar-refractivity contribution < 1.29 is 13.2 Å². The van der Waals surface area contributed by atoms with E-state index >= 15 is 0 Å². The van der Waals surface area contributed by atoms with Crippen LogP contribution in [-0.2, 0) is 16.6 Å². The van der Waals surface area contributed by atoms with Gasteiger partial charge in [0.25, 0.3) is 11.5 Å². The smallest absolute Gasteiger partial charge is 0.330 e. The molecule has 1 aliphatic rings. The van der Waals surface area contributed by atoms with Crippen molar-refractivity contribution in [2.24, 2.45) is 0 Å². The van der Waals surface area contributed by atoms with Gasteiger partial charge in [-0.2, -0.15) is 4.31 Å². The first-order valence-corrected chi connectivity index (χ1v) is 13.2. The first-order valence-electron chi connectivity index (χ1n) is 11.8. The van der Waals surface area contributed by atoms with E-state index in [4.69, 9.17) is 5.73 Å². The molecule has 11 heteroatoms. The van der Waals surface area contributed by atoms with Crippen LogP contribution in [0, 0.1) is 0 Å². The summed E-state index contributed by atoms with van der Waals surface area (Å²) in [6.45, 7) is 5.45. The molecular formula is C23H33N5O5S. The molecule has 1 amide bonds. The Kier molecular flexibility index (Phi) is 8.32. The monoisotopic (exact) mass is 491 g/mol. The third-order valence-corrected chi connectivity index (χ3v) is 7.92. The second kappa shape index (κ2) is 11.0. The third-order valence-electron chi connectivity index (χ3n) is 6.00. The number of amides is 1. The molecule has 3 rings (SSSR count). The zero-order valence-electron chi connectivity index (χ0n) is 19.7. The van der Waals surface area contributed by atoms with E-state index in [1.54, 1.807) is 0 Å². The molecule has 1 saturated heterocycles. The van der Waals surface area contributed by atoms with E-state index in [1.165, 1.54) is 38.0 Å². The molecule has 0 spiro atoms. The number of hydrogen-bond donors (Lipinski definition) is 2. The number of rotatable bonds is 10. The molecule has 2 aromatic rings. The van der Waals surface area contributed by atoms with E-state index in [2.05, 4.69) is 4.98 Å². The van der Waals surface area contributed by atoms with Gasteiger partial charge in [-0.15, -0.1) is 0 Å². The highest BCUT2D eigenvalue weighted by Crippen LogP contribution is 2.24. The Balaban J connectivity index is 1.98. The maximum atomic E-state index is 13.5. The molecule has 34 heavy (non-hydrogen) atoms. The van der Waals surface area contributed by atoms with Crippen LogP contribution in [0.4, 0.5) is 11.5 Å². The van der Waals surface area contributed by atoms with E-state index in [0.717, 1.165) is 25.7 Å². The van der Waals surface area contributed by atoms with Gasteiger partial charge >= 0.3 is 5.69 Å². The van der Waals surface area contributed by atoms with Gasteiger partial charge in [0.05, 0.1) is 4.90 Å². The summed E-state index contributed by atoms with van der Waals surface area (Å²) in [5.74, 6) is -0.545. The van der Waals surface area contributed by atoms with E-state index in [-0.39, 0.29) is 28.5 Å². The number of sulfonamides is 1. The zero-order valence-corrected chi connectivity index (χ0v) is 20.6. The molecule has 0 bridgehead atoms. The van der Waals surface area contributed by atoms with Crippen molar-refractivity contribution in [2.75, 3.05) is 30.3 Å². The maximum Gasteiger partial charge on any atom is 0.330 e. The number of carbonyl (C=O) groups excluding carboxylic acids is 1. The Hall–Kier alpha value is -2.92. The lowest BCUT2D eigenvalue weighted by atomic mass is 10.1. The molecule has 1 aliphatic heterocycles. The number of benzene rings is 1. The van der Waals surface area contributed by atoms with Gasteiger partial charge in [-0.25, -0.2) is 13.2 Å². The lowest BCUT2D eigenvalue weighted by molar-refractivity contribution is 0.0986. The van der Waals surface area contributed by atoms with Gasteiger partial charge in [0, 0.05) is 31.7 Å². The number of anilines is 2. The van der Waals surface area contributed by atoms with Crippen LogP contribution in [-0.4, -0.2) is 47.8 Å². The summed E-state index contributed by atoms with van der Waals surface area (Å²) in [6, 6.07) is 5.72. The summed E-state index contributed by atoms with van der Waals surface area (Å²) >= 11 is 0. The van der Waals surface area contributed by atoms with E-state index in [1.807, 2.05) is 13.8 Å². The van der Waals surface area contributed by atoms with Gasteiger partial charge in [-0.3, -0.25) is 19.1 Å². The number of hydrogen-bond acceptors (Lipinski definition) is 6. The van der Waals surface area contributed by atoms with Crippen LogP contribution < -0.4 is 21.9 Å². The zero-order chi connectivity index (χ0) is 24.9. The molecule has 186 valence electrons. The lowest BCUT2D eigenvalue weighted by Gasteiger charge is -2.24. The topological polar surface area (TPSA) is 139 Å². The fourth-order valence-corrected chi connectivity index (χ4v) is 5.53. The van der Waals surface area contributed by atoms with Crippen molar-refractivity contribution >= 4 is 27.4 Å². The first-order chi connectivity index (χ1) is 16.2. The summed E-state index contributed by atoms with van der Waals surface area (Å²) in [7, 11) is -3.61. The second-order valence-electron chi connectivity index (χ2n) is 8.44. The highest BCUT2D eigenvalue weighted by molar-refractivity contribution is 7.89. The highest BCUT2D eigenvalue weighted by atomic mass is 32.2. The second-order valence-corrected chi connectivity index (χ2v) is 10.4. The van der Waals surface area contributed by atoms with Gasteiger partial charge in [0.15, 0.2) is 5.69 Å². The van der Waals surface area contributed by atoms with Crippen molar-refractivity contribution in [3.8, 4) is 0 Å². The third kappa shape index (κ3) is 5.25. The Bertz CT molecular complexity index is 1230. The Labute approximate surface area is 199 Å². The minimum Gasteiger partial charge on any atom is -0.383 e. The van der Waals surface area contributed by atoms with Crippen LogP contribution in [0.15, 0.2) is 38.8 Å². The molecule has 0 saturated carbocycles. The average Bonchev–Trinajstić information content (AvgIpc) is 3.36. The molecule has 2 heterocycles. The fraction of sp³-hybridized carbons (Fsp3) is 0.522. The largest absolute Gasteiger partial charge is 0.383 e. The minimum absolute atomic E-state index is 0.0557. The minimum atomic E-state index is -3.61. The Morgan fingerprint density at radius 2 is 1.68 bits per heavy atom. The number of unbranched alkanes of at least 4 members (excludes halogenated alkanes) is 2. The Morgan fingerprint density at radius 3 is 2.26 bits per heavy atom. The van der Waals surface area contributed by atoms with E-state index < -0.39 is 27.2 Å². The summed E-state index contributed by atoms with van der Waals surface area (Å²) in [6.07, 6.45) is 4.55. The number of aromatic nitrogens is 2. The molecule has 0 unspecified atom stereocenters. The van der Waals surface area contributed by atoms with Gasteiger partial charge in [0.2, 0.25) is 10.0 Å². The van der Waals surface area contributed by atoms with Gasteiger partial charge < -0.3 is 10.6 Å². The fourth-order valence-electron chi connectivity index (χ4n) is 4.01. The van der Waals surface area contributed by atoms with Crippen LogP contribution in [0.2, 0.25) is 0 Å². The molecule has 0 atom stereocenters. The number of nitrogens with zero attached hydrogens (tertiary/aromatic N) is 3. The molecule has 1 aromatic carbocycles. The number of carbonyl (C=O) groups is 1. The van der Waals surface area contributed by atoms with Crippen LogP contribution in [0.1, 0.15) is 62.7 Å².